The standard InChI is InChI=1S/C13H22O2/c1-9-4-5-10-6-7-11-8-13(10,14-9)15-12(11,2)3/h9-11H,4-8H2,1-3H3. The molecule has 0 aromatic carbocycles. The maximum atomic E-state index is 6.31. The lowest BCUT2D eigenvalue weighted by molar-refractivity contribution is -0.306. The van der Waals surface area contributed by atoms with E-state index in [1.54, 1.807) is 0 Å². The lowest BCUT2D eigenvalue weighted by Gasteiger charge is -2.45. The second kappa shape index (κ2) is 2.98. The molecule has 2 aliphatic heterocycles. The van der Waals surface area contributed by atoms with Gasteiger partial charge in [0.05, 0.1) is 11.7 Å². The maximum Gasteiger partial charge on any atom is 0.172 e. The fourth-order valence-corrected chi connectivity index (χ4v) is 3.85. The SMILES string of the molecule is CC1CCC2CCC3CC2(O1)OC3(C)C. The van der Waals surface area contributed by atoms with E-state index in [2.05, 4.69) is 20.8 Å². The Labute approximate surface area is 92.3 Å². The van der Waals surface area contributed by atoms with Gasteiger partial charge in [0.1, 0.15) is 0 Å². The molecule has 2 heteroatoms. The average Bonchev–Trinajstić information content (AvgIpc) is 2.32. The molecular weight excluding hydrogens is 188 g/mol. The van der Waals surface area contributed by atoms with Crippen LogP contribution in [0, 0.1) is 11.8 Å². The largest absolute Gasteiger partial charge is 0.347 e. The highest BCUT2D eigenvalue weighted by Gasteiger charge is 2.59. The summed E-state index contributed by atoms with van der Waals surface area (Å²) < 4.78 is 12.5. The van der Waals surface area contributed by atoms with Crippen LogP contribution in [0.3, 0.4) is 0 Å². The van der Waals surface area contributed by atoms with Crippen LogP contribution < -0.4 is 0 Å². The van der Waals surface area contributed by atoms with Crippen molar-refractivity contribution in [1.29, 1.82) is 0 Å². The number of rotatable bonds is 0. The molecule has 0 aromatic heterocycles. The Balaban J connectivity index is 1.91. The molecule has 3 aliphatic rings. The molecule has 0 radical (unpaired) electrons. The van der Waals surface area contributed by atoms with E-state index in [0.717, 1.165) is 6.42 Å². The van der Waals surface area contributed by atoms with Gasteiger partial charge in [-0.3, -0.25) is 0 Å². The molecule has 1 aliphatic carbocycles. The van der Waals surface area contributed by atoms with Crippen LogP contribution in [0.5, 0.6) is 0 Å². The molecule has 15 heavy (non-hydrogen) atoms. The van der Waals surface area contributed by atoms with Gasteiger partial charge in [-0.1, -0.05) is 0 Å². The zero-order chi connectivity index (χ0) is 10.7. The lowest BCUT2D eigenvalue weighted by atomic mass is 9.72. The summed E-state index contributed by atoms with van der Waals surface area (Å²) in [7, 11) is 0. The van der Waals surface area contributed by atoms with Crippen LogP contribution in [0.4, 0.5) is 0 Å². The summed E-state index contributed by atoms with van der Waals surface area (Å²) in [5, 5.41) is 0. The lowest BCUT2D eigenvalue weighted by Crippen LogP contribution is -2.48. The van der Waals surface area contributed by atoms with Crippen molar-refractivity contribution in [2.45, 2.75) is 70.4 Å². The molecule has 0 N–H and O–H groups in total. The van der Waals surface area contributed by atoms with E-state index in [4.69, 9.17) is 9.47 Å². The van der Waals surface area contributed by atoms with Crippen molar-refractivity contribution in [3.8, 4) is 0 Å². The molecule has 1 spiro atoms. The number of ether oxygens (including phenoxy) is 2. The topological polar surface area (TPSA) is 18.5 Å². The van der Waals surface area contributed by atoms with E-state index in [-0.39, 0.29) is 11.4 Å². The highest BCUT2D eigenvalue weighted by atomic mass is 16.7. The van der Waals surface area contributed by atoms with E-state index in [9.17, 15) is 0 Å². The summed E-state index contributed by atoms with van der Waals surface area (Å²) in [6.07, 6.45) is 6.66. The summed E-state index contributed by atoms with van der Waals surface area (Å²) in [5.41, 5.74) is 0.0335. The fourth-order valence-electron chi connectivity index (χ4n) is 3.85. The van der Waals surface area contributed by atoms with Gasteiger partial charge in [0.15, 0.2) is 5.79 Å². The smallest absolute Gasteiger partial charge is 0.172 e. The van der Waals surface area contributed by atoms with Gasteiger partial charge in [-0.25, -0.2) is 0 Å². The Morgan fingerprint density at radius 2 is 1.67 bits per heavy atom. The molecule has 0 amide bonds. The van der Waals surface area contributed by atoms with Crippen LogP contribution in [0.15, 0.2) is 0 Å². The molecule has 4 unspecified atom stereocenters. The van der Waals surface area contributed by atoms with E-state index in [1.165, 1.54) is 25.7 Å². The van der Waals surface area contributed by atoms with Gasteiger partial charge in [0.25, 0.3) is 0 Å². The number of fused-ring (bicyclic) bond motifs is 1. The summed E-state index contributed by atoms with van der Waals surface area (Å²) in [6.45, 7) is 6.65. The van der Waals surface area contributed by atoms with E-state index in [0.29, 0.717) is 17.9 Å². The summed E-state index contributed by atoms with van der Waals surface area (Å²) in [5.74, 6) is 1.16. The van der Waals surface area contributed by atoms with Gasteiger partial charge < -0.3 is 9.47 Å². The van der Waals surface area contributed by atoms with Crippen LogP contribution in [0.1, 0.15) is 52.9 Å². The predicted molar refractivity (Wildman–Crippen MR) is 58.5 cm³/mol. The first-order valence-corrected chi connectivity index (χ1v) is 6.40. The summed E-state index contributed by atoms with van der Waals surface area (Å²) in [6, 6.07) is 0. The predicted octanol–water partition coefficient (Wildman–Crippen LogP) is 3.11. The van der Waals surface area contributed by atoms with Gasteiger partial charge in [0, 0.05) is 12.3 Å². The third kappa shape index (κ3) is 1.38. The van der Waals surface area contributed by atoms with Crippen LogP contribution in [0.25, 0.3) is 0 Å². The monoisotopic (exact) mass is 210 g/mol. The minimum atomic E-state index is -0.204. The molecule has 2 bridgehead atoms. The minimum Gasteiger partial charge on any atom is -0.347 e. The molecule has 1 saturated carbocycles. The Bertz CT molecular complexity index is 274. The maximum absolute atomic E-state index is 6.31. The van der Waals surface area contributed by atoms with Gasteiger partial charge in [-0.15, -0.1) is 0 Å². The van der Waals surface area contributed by atoms with E-state index in [1.807, 2.05) is 0 Å². The highest BCUT2D eigenvalue weighted by Crippen LogP contribution is 2.57. The Hall–Kier alpha value is -0.0800. The molecule has 3 fully saturated rings. The third-order valence-electron chi connectivity index (χ3n) is 4.76. The van der Waals surface area contributed by atoms with Gasteiger partial charge in [-0.05, 0) is 52.4 Å². The van der Waals surface area contributed by atoms with Crippen molar-refractivity contribution in [1.82, 2.24) is 0 Å². The van der Waals surface area contributed by atoms with Gasteiger partial charge in [0.2, 0.25) is 0 Å². The Kier molecular flexibility index (Phi) is 2.01. The molecule has 2 saturated heterocycles. The first-order chi connectivity index (χ1) is 7.02. The second-order valence-electron chi connectivity index (χ2n) is 6.20. The van der Waals surface area contributed by atoms with Crippen molar-refractivity contribution in [2.24, 2.45) is 11.8 Å². The molecule has 0 aromatic rings. The van der Waals surface area contributed by atoms with Crippen molar-refractivity contribution < 1.29 is 9.47 Å². The Morgan fingerprint density at radius 3 is 2.47 bits per heavy atom. The van der Waals surface area contributed by atoms with E-state index >= 15 is 0 Å². The molecule has 3 rings (SSSR count). The zero-order valence-electron chi connectivity index (χ0n) is 10.1. The fraction of sp³-hybridized carbons (Fsp3) is 1.00. The summed E-state index contributed by atoms with van der Waals surface area (Å²) in [4.78, 5) is 0. The van der Waals surface area contributed by atoms with Crippen LogP contribution in [0.2, 0.25) is 0 Å². The molecular formula is C13H22O2. The molecule has 2 heterocycles. The van der Waals surface area contributed by atoms with Crippen molar-refractivity contribution >= 4 is 0 Å². The second-order valence-corrected chi connectivity index (χ2v) is 6.20. The Morgan fingerprint density at radius 1 is 1.00 bits per heavy atom. The van der Waals surface area contributed by atoms with Crippen LogP contribution >= 0.6 is 0 Å². The van der Waals surface area contributed by atoms with Crippen molar-refractivity contribution in [3.05, 3.63) is 0 Å². The van der Waals surface area contributed by atoms with Gasteiger partial charge >= 0.3 is 0 Å². The van der Waals surface area contributed by atoms with Crippen molar-refractivity contribution in [3.63, 3.8) is 0 Å². The van der Waals surface area contributed by atoms with Crippen LogP contribution in [-0.4, -0.2) is 17.5 Å². The third-order valence-corrected chi connectivity index (χ3v) is 4.76. The number of hydrogen-bond donors (Lipinski definition) is 0. The first-order valence-electron chi connectivity index (χ1n) is 6.40. The first kappa shape index (κ1) is 10.1. The molecule has 86 valence electrons. The highest BCUT2D eigenvalue weighted by molar-refractivity contribution is 5.03. The quantitative estimate of drug-likeness (QED) is 0.611. The zero-order valence-corrected chi connectivity index (χ0v) is 10.1. The molecule has 2 nitrogen and oxygen atoms in total. The molecule has 4 atom stereocenters. The minimum absolute atomic E-state index is 0.0335. The average molecular weight is 210 g/mol. The normalized spacial score (nSPS) is 52.6. The van der Waals surface area contributed by atoms with E-state index < -0.39 is 0 Å². The number of hydrogen-bond acceptors (Lipinski definition) is 2. The van der Waals surface area contributed by atoms with Crippen molar-refractivity contribution in [2.75, 3.05) is 0 Å². The summed E-state index contributed by atoms with van der Waals surface area (Å²) >= 11 is 0. The van der Waals surface area contributed by atoms with Gasteiger partial charge in [-0.2, -0.15) is 0 Å². The van der Waals surface area contributed by atoms with Crippen LogP contribution in [-0.2, 0) is 9.47 Å².